The first-order valence-corrected chi connectivity index (χ1v) is 9.37. The van der Waals surface area contributed by atoms with Gasteiger partial charge in [-0.25, -0.2) is 0 Å². The normalized spacial score (nSPS) is 12.6. The monoisotopic (exact) mass is 383 g/mol. The van der Waals surface area contributed by atoms with Crippen LogP contribution in [0.3, 0.4) is 0 Å². The van der Waals surface area contributed by atoms with Crippen molar-refractivity contribution in [2.45, 2.75) is 39.3 Å². The zero-order valence-corrected chi connectivity index (χ0v) is 17.2. The van der Waals surface area contributed by atoms with Crippen molar-refractivity contribution in [2.24, 2.45) is 0 Å². The Kier molecular flexibility index (Phi) is 8.23. The zero-order chi connectivity index (χ0) is 19.9. The maximum Gasteiger partial charge on any atom is 0.326 e. The molecule has 7 nitrogen and oxygen atoms in total. The average Bonchev–Trinajstić information content (AvgIpc) is 3.03. The molecular formula is C18H29N3O4S. The van der Waals surface area contributed by atoms with Gasteiger partial charge in [0.05, 0.1) is 4.88 Å². The van der Waals surface area contributed by atoms with Gasteiger partial charge in [-0.3, -0.25) is 14.4 Å². The molecule has 0 aliphatic rings. The van der Waals surface area contributed by atoms with Crippen molar-refractivity contribution in [3.63, 3.8) is 0 Å². The maximum atomic E-state index is 12.8. The SMILES string of the molecule is CC(NC(=O)c1cccs1)C(=O)N(CCN(C)C)CC(=O)OC(C)(C)C. The predicted octanol–water partition coefficient (Wildman–Crippen LogP) is 1.60. The summed E-state index contributed by atoms with van der Waals surface area (Å²) in [5.74, 6) is -1.09. The Hall–Kier alpha value is -1.93. The molecule has 0 aliphatic carbocycles. The second-order valence-corrected chi connectivity index (χ2v) is 8.27. The molecule has 8 heteroatoms. The number of esters is 1. The molecule has 1 aromatic rings. The summed E-state index contributed by atoms with van der Waals surface area (Å²) in [6.45, 7) is 7.77. The Morgan fingerprint density at radius 3 is 2.38 bits per heavy atom. The predicted molar refractivity (Wildman–Crippen MR) is 102 cm³/mol. The molecule has 0 aromatic carbocycles. The minimum absolute atomic E-state index is 0.150. The molecule has 2 amide bonds. The van der Waals surface area contributed by atoms with E-state index in [0.29, 0.717) is 18.0 Å². The second kappa shape index (κ2) is 9.68. The molecule has 1 rings (SSSR count). The molecular weight excluding hydrogens is 354 g/mol. The van der Waals surface area contributed by atoms with E-state index in [0.717, 1.165) is 0 Å². The van der Waals surface area contributed by atoms with Gasteiger partial charge in [0, 0.05) is 13.1 Å². The van der Waals surface area contributed by atoms with Gasteiger partial charge in [-0.1, -0.05) is 6.07 Å². The van der Waals surface area contributed by atoms with E-state index in [4.69, 9.17) is 4.74 Å². The maximum absolute atomic E-state index is 12.8. The number of hydrogen-bond acceptors (Lipinski definition) is 6. The van der Waals surface area contributed by atoms with Crippen LogP contribution in [0.25, 0.3) is 0 Å². The summed E-state index contributed by atoms with van der Waals surface area (Å²) in [7, 11) is 3.77. The van der Waals surface area contributed by atoms with E-state index < -0.39 is 17.6 Å². The molecule has 26 heavy (non-hydrogen) atoms. The molecule has 1 N–H and O–H groups in total. The molecule has 0 saturated heterocycles. The van der Waals surface area contributed by atoms with Gasteiger partial charge >= 0.3 is 5.97 Å². The van der Waals surface area contributed by atoms with Gasteiger partial charge in [-0.05, 0) is 53.2 Å². The highest BCUT2D eigenvalue weighted by molar-refractivity contribution is 7.12. The van der Waals surface area contributed by atoms with Crippen molar-refractivity contribution in [3.8, 4) is 0 Å². The summed E-state index contributed by atoms with van der Waals surface area (Å²) in [5.41, 5.74) is -0.619. The van der Waals surface area contributed by atoms with E-state index in [1.807, 2.05) is 19.0 Å². The number of amides is 2. The van der Waals surface area contributed by atoms with Crippen molar-refractivity contribution < 1.29 is 19.1 Å². The van der Waals surface area contributed by atoms with Crippen LogP contribution in [0.15, 0.2) is 17.5 Å². The van der Waals surface area contributed by atoms with Crippen LogP contribution in [0.1, 0.15) is 37.4 Å². The number of nitrogens with zero attached hydrogens (tertiary/aromatic N) is 2. The van der Waals surface area contributed by atoms with Crippen molar-refractivity contribution in [1.82, 2.24) is 15.1 Å². The fourth-order valence-corrected chi connectivity index (χ4v) is 2.76. The van der Waals surface area contributed by atoms with Crippen LogP contribution >= 0.6 is 11.3 Å². The Labute approximate surface area is 159 Å². The van der Waals surface area contributed by atoms with E-state index in [1.165, 1.54) is 16.2 Å². The van der Waals surface area contributed by atoms with Gasteiger partial charge < -0.3 is 19.9 Å². The lowest BCUT2D eigenvalue weighted by Crippen LogP contribution is -2.50. The van der Waals surface area contributed by atoms with Gasteiger partial charge in [0.2, 0.25) is 5.91 Å². The first kappa shape index (κ1) is 22.1. The van der Waals surface area contributed by atoms with E-state index in [-0.39, 0.29) is 18.4 Å². The number of carbonyl (C=O) groups is 3. The fraction of sp³-hybridized carbons (Fsp3) is 0.611. The summed E-state index contributed by atoms with van der Waals surface area (Å²) in [4.78, 5) is 40.9. The Morgan fingerprint density at radius 1 is 1.23 bits per heavy atom. The van der Waals surface area contributed by atoms with Gasteiger partial charge in [-0.2, -0.15) is 0 Å². The lowest BCUT2D eigenvalue weighted by molar-refractivity contribution is -0.159. The van der Waals surface area contributed by atoms with Crippen molar-refractivity contribution >= 4 is 29.1 Å². The van der Waals surface area contributed by atoms with Crippen LogP contribution in [-0.4, -0.2) is 73.0 Å². The van der Waals surface area contributed by atoms with Crippen molar-refractivity contribution in [3.05, 3.63) is 22.4 Å². The van der Waals surface area contributed by atoms with Crippen LogP contribution in [-0.2, 0) is 14.3 Å². The van der Waals surface area contributed by atoms with Gasteiger partial charge in [-0.15, -0.1) is 11.3 Å². The largest absolute Gasteiger partial charge is 0.459 e. The minimum Gasteiger partial charge on any atom is -0.459 e. The fourth-order valence-electron chi connectivity index (χ4n) is 2.13. The number of ether oxygens (including phenoxy) is 1. The van der Waals surface area contributed by atoms with Crippen LogP contribution < -0.4 is 5.32 Å². The lowest BCUT2D eigenvalue weighted by atomic mass is 10.2. The zero-order valence-electron chi connectivity index (χ0n) is 16.4. The molecule has 0 bridgehead atoms. The van der Waals surface area contributed by atoms with Gasteiger partial charge in [0.25, 0.3) is 5.91 Å². The Balaban J connectivity index is 2.75. The molecule has 0 saturated carbocycles. The van der Waals surface area contributed by atoms with Crippen LogP contribution in [0.4, 0.5) is 0 Å². The number of carbonyl (C=O) groups excluding carboxylic acids is 3. The van der Waals surface area contributed by atoms with E-state index in [2.05, 4.69) is 5.32 Å². The molecule has 0 fully saturated rings. The van der Waals surface area contributed by atoms with Gasteiger partial charge in [0.1, 0.15) is 18.2 Å². The summed E-state index contributed by atoms with van der Waals surface area (Å²) >= 11 is 1.31. The summed E-state index contributed by atoms with van der Waals surface area (Å²) in [6.07, 6.45) is 0. The Bertz CT molecular complexity index is 608. The molecule has 0 spiro atoms. The molecule has 1 heterocycles. The Morgan fingerprint density at radius 2 is 1.88 bits per heavy atom. The number of nitrogens with one attached hydrogen (secondary N) is 1. The van der Waals surface area contributed by atoms with E-state index in [9.17, 15) is 14.4 Å². The molecule has 1 unspecified atom stereocenters. The third-order valence-corrected chi connectivity index (χ3v) is 4.20. The third kappa shape index (κ3) is 7.97. The standard InChI is InChI=1S/C18H29N3O4S/c1-13(19-16(23)14-8-7-11-26-14)17(24)21(10-9-20(5)6)12-15(22)25-18(2,3)4/h7-8,11,13H,9-10,12H2,1-6H3,(H,19,23). The molecule has 1 aromatic heterocycles. The first-order valence-electron chi connectivity index (χ1n) is 8.49. The van der Waals surface area contributed by atoms with E-state index >= 15 is 0 Å². The van der Waals surface area contributed by atoms with Crippen molar-refractivity contribution in [1.29, 1.82) is 0 Å². The number of thiophene rings is 1. The lowest BCUT2D eigenvalue weighted by Gasteiger charge is -2.28. The summed E-state index contributed by atoms with van der Waals surface area (Å²) in [6, 6.07) is 2.73. The second-order valence-electron chi connectivity index (χ2n) is 7.32. The highest BCUT2D eigenvalue weighted by Gasteiger charge is 2.26. The van der Waals surface area contributed by atoms with Crippen LogP contribution in [0, 0.1) is 0 Å². The summed E-state index contributed by atoms with van der Waals surface area (Å²) < 4.78 is 5.31. The molecule has 1 atom stereocenters. The minimum atomic E-state index is -0.741. The number of likely N-dealkylation sites (N-methyl/N-ethyl adjacent to an activating group) is 1. The first-order chi connectivity index (χ1) is 12.0. The molecule has 0 radical (unpaired) electrons. The number of hydrogen-bond donors (Lipinski definition) is 1. The smallest absolute Gasteiger partial charge is 0.326 e. The van der Waals surface area contributed by atoms with Crippen LogP contribution in [0.5, 0.6) is 0 Å². The summed E-state index contributed by atoms with van der Waals surface area (Å²) in [5, 5.41) is 4.49. The van der Waals surface area contributed by atoms with Crippen molar-refractivity contribution in [2.75, 3.05) is 33.7 Å². The van der Waals surface area contributed by atoms with Gasteiger partial charge in [0.15, 0.2) is 0 Å². The quantitative estimate of drug-likeness (QED) is 0.690. The third-order valence-electron chi connectivity index (χ3n) is 3.33. The van der Waals surface area contributed by atoms with Crippen LogP contribution in [0.2, 0.25) is 0 Å². The highest BCUT2D eigenvalue weighted by Crippen LogP contribution is 2.10. The molecule has 0 aliphatic heterocycles. The molecule has 146 valence electrons. The number of rotatable bonds is 8. The van der Waals surface area contributed by atoms with E-state index in [1.54, 1.807) is 45.2 Å². The average molecular weight is 384 g/mol. The highest BCUT2D eigenvalue weighted by atomic mass is 32.1. The topological polar surface area (TPSA) is 79.0 Å².